The number of rotatable bonds is 8. The standard InChI is InChI=1S/C15H24N3O2P/c1-3-4-14(13-6-5-12(16)11-15(13)19-2)20-21(17-7-8-17)18-9-10-18/h5-6,11,14H,3-4,7-10,16H2,1-2H3. The molecule has 2 saturated heterocycles. The molecule has 0 spiro atoms. The second-order valence-corrected chi connectivity index (χ2v) is 7.39. The summed E-state index contributed by atoms with van der Waals surface area (Å²) in [5.74, 6) is 0.833. The highest BCUT2D eigenvalue weighted by Crippen LogP contribution is 2.56. The lowest BCUT2D eigenvalue weighted by molar-refractivity contribution is 0.194. The lowest BCUT2D eigenvalue weighted by atomic mass is 10.0. The minimum atomic E-state index is -0.576. The van der Waals surface area contributed by atoms with E-state index in [2.05, 4.69) is 16.3 Å². The summed E-state index contributed by atoms with van der Waals surface area (Å²) >= 11 is 0. The SMILES string of the molecule is CCCC(OP(N1CC1)N1CC1)c1ccc(N)cc1OC. The predicted octanol–water partition coefficient (Wildman–Crippen LogP) is 2.99. The average Bonchev–Trinajstić information content (AvgIpc) is 3.37. The first-order chi connectivity index (χ1) is 10.2. The van der Waals surface area contributed by atoms with Crippen molar-refractivity contribution in [3.63, 3.8) is 0 Å². The van der Waals surface area contributed by atoms with E-state index in [4.69, 9.17) is 15.0 Å². The molecule has 2 heterocycles. The minimum Gasteiger partial charge on any atom is -0.496 e. The average molecular weight is 309 g/mol. The lowest BCUT2D eigenvalue weighted by Crippen LogP contribution is -2.10. The van der Waals surface area contributed by atoms with Crippen LogP contribution in [0.4, 0.5) is 5.69 Å². The van der Waals surface area contributed by atoms with Gasteiger partial charge < -0.3 is 15.0 Å². The van der Waals surface area contributed by atoms with Crippen LogP contribution in [0.1, 0.15) is 31.4 Å². The number of nitrogens with zero attached hydrogens (tertiary/aromatic N) is 2. The van der Waals surface area contributed by atoms with Crippen LogP contribution in [0, 0.1) is 0 Å². The van der Waals surface area contributed by atoms with E-state index >= 15 is 0 Å². The molecular formula is C15H24N3O2P. The van der Waals surface area contributed by atoms with E-state index in [1.54, 1.807) is 7.11 Å². The smallest absolute Gasteiger partial charge is 0.188 e. The Hall–Kier alpha value is -0.870. The molecular weight excluding hydrogens is 285 g/mol. The van der Waals surface area contributed by atoms with Gasteiger partial charge in [-0.25, -0.2) is 9.34 Å². The molecule has 0 bridgehead atoms. The van der Waals surface area contributed by atoms with Crippen molar-refractivity contribution in [2.75, 3.05) is 39.0 Å². The molecule has 5 nitrogen and oxygen atoms in total. The van der Waals surface area contributed by atoms with Gasteiger partial charge in [0.1, 0.15) is 5.75 Å². The number of anilines is 1. The molecule has 1 atom stereocenters. The summed E-state index contributed by atoms with van der Waals surface area (Å²) in [6.07, 6.45) is 2.17. The van der Waals surface area contributed by atoms with Gasteiger partial charge in [0.2, 0.25) is 0 Å². The molecule has 2 aliphatic heterocycles. The maximum Gasteiger partial charge on any atom is 0.188 e. The highest BCUT2D eigenvalue weighted by Gasteiger charge is 2.41. The first kappa shape index (κ1) is 15.0. The zero-order valence-corrected chi connectivity index (χ0v) is 13.7. The number of benzene rings is 1. The van der Waals surface area contributed by atoms with Gasteiger partial charge in [-0.1, -0.05) is 19.4 Å². The Kier molecular flexibility index (Phi) is 4.65. The van der Waals surface area contributed by atoms with Gasteiger partial charge in [-0.3, -0.25) is 0 Å². The molecule has 0 radical (unpaired) electrons. The van der Waals surface area contributed by atoms with E-state index in [1.165, 1.54) is 26.2 Å². The molecule has 1 unspecified atom stereocenters. The van der Waals surface area contributed by atoms with Crippen molar-refractivity contribution in [1.82, 2.24) is 9.34 Å². The molecule has 0 saturated carbocycles. The normalized spacial score (nSPS) is 19.8. The van der Waals surface area contributed by atoms with Crippen molar-refractivity contribution in [2.24, 2.45) is 0 Å². The topological polar surface area (TPSA) is 50.5 Å². The summed E-state index contributed by atoms with van der Waals surface area (Å²) in [7, 11) is 1.12. The van der Waals surface area contributed by atoms with Crippen molar-refractivity contribution < 1.29 is 9.26 Å². The van der Waals surface area contributed by atoms with E-state index < -0.39 is 8.45 Å². The highest BCUT2D eigenvalue weighted by molar-refractivity contribution is 7.48. The molecule has 2 fully saturated rings. The van der Waals surface area contributed by atoms with Gasteiger partial charge >= 0.3 is 0 Å². The first-order valence-electron chi connectivity index (χ1n) is 7.63. The van der Waals surface area contributed by atoms with Crippen molar-refractivity contribution in [2.45, 2.75) is 25.9 Å². The van der Waals surface area contributed by atoms with Crippen LogP contribution in [0.5, 0.6) is 5.75 Å². The van der Waals surface area contributed by atoms with Crippen LogP contribution in [0.2, 0.25) is 0 Å². The van der Waals surface area contributed by atoms with Gasteiger partial charge in [0.25, 0.3) is 0 Å². The third kappa shape index (κ3) is 3.67. The predicted molar refractivity (Wildman–Crippen MR) is 86.2 cm³/mol. The van der Waals surface area contributed by atoms with E-state index in [-0.39, 0.29) is 6.10 Å². The number of nitrogens with two attached hydrogens (primary N) is 1. The van der Waals surface area contributed by atoms with Crippen molar-refractivity contribution in [3.05, 3.63) is 23.8 Å². The molecule has 2 aliphatic rings. The summed E-state index contributed by atoms with van der Waals surface area (Å²) in [6.45, 7) is 6.86. The van der Waals surface area contributed by atoms with Gasteiger partial charge in [0, 0.05) is 43.5 Å². The molecule has 1 aromatic carbocycles. The van der Waals surface area contributed by atoms with Crippen LogP contribution < -0.4 is 10.5 Å². The Morgan fingerprint density at radius 3 is 2.43 bits per heavy atom. The lowest BCUT2D eigenvalue weighted by Gasteiger charge is -2.26. The summed E-state index contributed by atoms with van der Waals surface area (Å²) in [5.41, 5.74) is 7.70. The number of methoxy groups -OCH3 is 1. The summed E-state index contributed by atoms with van der Waals surface area (Å²) in [5, 5.41) is 0. The molecule has 6 heteroatoms. The number of nitrogen functional groups attached to an aromatic ring is 1. The zero-order valence-electron chi connectivity index (χ0n) is 12.8. The van der Waals surface area contributed by atoms with Gasteiger partial charge in [-0.05, 0) is 12.5 Å². The van der Waals surface area contributed by atoms with Crippen LogP contribution >= 0.6 is 8.45 Å². The Labute approximate surface area is 127 Å². The Morgan fingerprint density at radius 2 is 1.90 bits per heavy atom. The Bertz CT molecular complexity index is 480. The maximum atomic E-state index is 6.50. The number of ether oxygens (including phenoxy) is 1. The quantitative estimate of drug-likeness (QED) is 0.454. The summed E-state index contributed by atoms with van der Waals surface area (Å²) < 4.78 is 16.9. The van der Waals surface area contributed by atoms with Crippen molar-refractivity contribution in [1.29, 1.82) is 0 Å². The van der Waals surface area contributed by atoms with Gasteiger partial charge in [0.05, 0.1) is 13.2 Å². The molecule has 3 rings (SSSR count). The van der Waals surface area contributed by atoms with E-state index in [0.29, 0.717) is 0 Å². The first-order valence-corrected chi connectivity index (χ1v) is 8.79. The Balaban J connectivity index is 1.79. The van der Waals surface area contributed by atoms with Crippen molar-refractivity contribution in [3.8, 4) is 5.75 Å². The monoisotopic (exact) mass is 309 g/mol. The molecule has 116 valence electrons. The van der Waals surface area contributed by atoms with Gasteiger partial charge in [0.15, 0.2) is 8.45 Å². The third-order valence-electron chi connectivity index (χ3n) is 3.71. The fraction of sp³-hybridized carbons (Fsp3) is 0.600. The molecule has 21 heavy (non-hydrogen) atoms. The van der Waals surface area contributed by atoms with Crippen LogP contribution in [-0.2, 0) is 4.52 Å². The van der Waals surface area contributed by atoms with Crippen LogP contribution in [-0.4, -0.2) is 42.6 Å². The molecule has 1 aromatic rings. The molecule has 0 aliphatic carbocycles. The number of hydrogen-bond acceptors (Lipinski definition) is 5. The fourth-order valence-corrected chi connectivity index (χ4v) is 4.31. The van der Waals surface area contributed by atoms with E-state index in [0.717, 1.165) is 29.8 Å². The minimum absolute atomic E-state index is 0.0814. The van der Waals surface area contributed by atoms with E-state index in [9.17, 15) is 0 Å². The van der Waals surface area contributed by atoms with Crippen molar-refractivity contribution >= 4 is 14.1 Å². The van der Waals surface area contributed by atoms with Crippen LogP contribution in [0.3, 0.4) is 0 Å². The second-order valence-electron chi connectivity index (χ2n) is 5.54. The third-order valence-corrected chi connectivity index (χ3v) is 5.92. The molecule has 0 aromatic heterocycles. The van der Waals surface area contributed by atoms with Gasteiger partial charge in [-0.2, -0.15) is 0 Å². The summed E-state index contributed by atoms with van der Waals surface area (Å²) in [4.78, 5) is 0. The number of hydrogen-bond donors (Lipinski definition) is 1. The largest absolute Gasteiger partial charge is 0.496 e. The van der Waals surface area contributed by atoms with Crippen LogP contribution in [0.15, 0.2) is 18.2 Å². The van der Waals surface area contributed by atoms with E-state index in [1.807, 2.05) is 18.2 Å². The molecule has 2 N–H and O–H groups in total. The fourth-order valence-electron chi connectivity index (χ4n) is 2.38. The summed E-state index contributed by atoms with van der Waals surface area (Å²) in [6, 6.07) is 5.87. The highest BCUT2D eigenvalue weighted by atomic mass is 31.2. The van der Waals surface area contributed by atoms with Crippen LogP contribution in [0.25, 0.3) is 0 Å². The Morgan fingerprint density at radius 1 is 1.24 bits per heavy atom. The zero-order chi connectivity index (χ0) is 14.8. The second kappa shape index (κ2) is 6.49. The maximum absolute atomic E-state index is 6.50. The van der Waals surface area contributed by atoms with Gasteiger partial charge in [-0.15, -0.1) is 0 Å². The molecule has 0 amide bonds.